The Kier molecular flexibility index (Phi) is 4.39. The number of benzene rings is 1. The highest BCUT2D eigenvalue weighted by Crippen LogP contribution is 2.36. The molecule has 0 atom stereocenters. The molecule has 0 fully saturated rings. The lowest BCUT2D eigenvalue weighted by atomic mass is 9.89. The molecule has 104 valence electrons. The maximum absolute atomic E-state index is 12.9. The van der Waals surface area contributed by atoms with Crippen molar-refractivity contribution in [2.75, 3.05) is 0 Å². The molecule has 1 N–H and O–H groups in total. The number of hydrogen-bond donors (Lipinski definition) is 1. The van der Waals surface area contributed by atoms with Gasteiger partial charge < -0.3 is 5.32 Å². The van der Waals surface area contributed by atoms with Gasteiger partial charge >= 0.3 is 6.18 Å². The second-order valence-corrected chi connectivity index (χ2v) is 4.66. The normalized spacial score (nSPS) is 12.7. The predicted molar refractivity (Wildman–Crippen MR) is 67.4 cm³/mol. The second kappa shape index (κ2) is 5.47. The lowest BCUT2D eigenvalue weighted by Gasteiger charge is -2.29. The Morgan fingerprint density at radius 1 is 1.16 bits per heavy atom. The fourth-order valence-corrected chi connectivity index (χ4v) is 1.84. The van der Waals surface area contributed by atoms with Crippen LogP contribution in [0, 0.1) is 0 Å². The first-order chi connectivity index (χ1) is 8.68. The van der Waals surface area contributed by atoms with E-state index in [4.69, 9.17) is 0 Å². The first kappa shape index (κ1) is 15.3. The summed E-state index contributed by atoms with van der Waals surface area (Å²) in [6.07, 6.45) is -1.64. The fourth-order valence-electron chi connectivity index (χ4n) is 1.84. The zero-order valence-corrected chi connectivity index (χ0v) is 11.0. The van der Waals surface area contributed by atoms with E-state index in [1.807, 2.05) is 0 Å². The second-order valence-electron chi connectivity index (χ2n) is 4.66. The summed E-state index contributed by atoms with van der Waals surface area (Å²) >= 11 is 0. The van der Waals surface area contributed by atoms with Gasteiger partial charge in [-0.05, 0) is 38.5 Å². The van der Waals surface area contributed by atoms with Crippen molar-refractivity contribution in [1.82, 2.24) is 5.32 Å². The number of carbonyl (C=O) groups excluding carboxylic acids is 1. The van der Waals surface area contributed by atoms with Crippen molar-refractivity contribution in [2.24, 2.45) is 0 Å². The van der Waals surface area contributed by atoms with Crippen molar-refractivity contribution in [2.45, 2.75) is 32.5 Å². The zero-order valence-electron chi connectivity index (χ0n) is 11.0. The van der Waals surface area contributed by atoms with Gasteiger partial charge in [-0.1, -0.05) is 24.3 Å². The van der Waals surface area contributed by atoms with Crippen LogP contribution in [-0.2, 0) is 16.5 Å². The minimum atomic E-state index is -4.45. The quantitative estimate of drug-likeness (QED) is 0.836. The van der Waals surface area contributed by atoms with Gasteiger partial charge in [0.2, 0.25) is 5.91 Å². The molecule has 0 saturated heterocycles. The van der Waals surface area contributed by atoms with Crippen LogP contribution < -0.4 is 5.32 Å². The maximum Gasteiger partial charge on any atom is 0.416 e. The molecular formula is C14H16F3NO. The summed E-state index contributed by atoms with van der Waals surface area (Å²) in [6.45, 7) is 4.74. The van der Waals surface area contributed by atoms with Gasteiger partial charge in [0.15, 0.2) is 0 Å². The van der Waals surface area contributed by atoms with E-state index in [0.29, 0.717) is 0 Å². The van der Waals surface area contributed by atoms with E-state index in [1.54, 1.807) is 20.8 Å². The highest BCUT2D eigenvalue weighted by Gasteiger charge is 2.37. The van der Waals surface area contributed by atoms with Gasteiger partial charge in [0.05, 0.1) is 11.1 Å². The lowest BCUT2D eigenvalue weighted by Crippen LogP contribution is -2.41. The summed E-state index contributed by atoms with van der Waals surface area (Å²) in [5.41, 5.74) is -1.80. The minimum absolute atomic E-state index is 0.0420. The molecule has 5 heteroatoms. The monoisotopic (exact) mass is 271 g/mol. The zero-order chi connectivity index (χ0) is 14.7. The van der Waals surface area contributed by atoms with Gasteiger partial charge in [0.1, 0.15) is 0 Å². The number of rotatable bonds is 3. The molecule has 0 aromatic heterocycles. The Morgan fingerprint density at radius 2 is 1.68 bits per heavy atom. The van der Waals surface area contributed by atoms with Crippen LogP contribution in [0.3, 0.4) is 0 Å². The first-order valence-corrected chi connectivity index (χ1v) is 5.80. The highest BCUT2D eigenvalue weighted by atomic mass is 19.4. The first-order valence-electron chi connectivity index (χ1n) is 5.80. The molecule has 0 radical (unpaired) electrons. The minimum Gasteiger partial charge on any atom is -0.344 e. The highest BCUT2D eigenvalue weighted by molar-refractivity contribution is 5.88. The molecule has 0 spiro atoms. The molecule has 1 rings (SSSR count). The van der Waals surface area contributed by atoms with Crippen molar-refractivity contribution >= 4 is 5.91 Å². The fraction of sp³-hybridized carbons (Fsp3) is 0.357. The largest absolute Gasteiger partial charge is 0.416 e. The van der Waals surface area contributed by atoms with E-state index in [9.17, 15) is 18.0 Å². The van der Waals surface area contributed by atoms with Crippen LogP contribution in [0.1, 0.15) is 31.9 Å². The van der Waals surface area contributed by atoms with Gasteiger partial charge in [-0.15, -0.1) is 0 Å². The Labute approximate surface area is 110 Å². The van der Waals surface area contributed by atoms with E-state index in [-0.39, 0.29) is 5.56 Å². The molecule has 1 amide bonds. The van der Waals surface area contributed by atoms with Crippen LogP contribution in [0.2, 0.25) is 0 Å². The predicted octanol–water partition coefficient (Wildman–Crippen LogP) is 3.63. The average molecular weight is 271 g/mol. The third-order valence-corrected chi connectivity index (χ3v) is 2.66. The molecule has 1 aromatic rings. The molecule has 0 saturated carbocycles. The average Bonchev–Trinajstić information content (AvgIpc) is 2.27. The van der Waals surface area contributed by atoms with Crippen LogP contribution >= 0.6 is 0 Å². The van der Waals surface area contributed by atoms with Crippen molar-refractivity contribution in [3.8, 4) is 0 Å². The Bertz CT molecular complexity index is 490. The summed E-state index contributed by atoms with van der Waals surface area (Å²) < 4.78 is 38.8. The van der Waals surface area contributed by atoms with E-state index in [0.717, 1.165) is 6.07 Å². The van der Waals surface area contributed by atoms with E-state index in [2.05, 4.69) is 5.32 Å². The SMILES string of the molecule is C/C=C/C(=O)NC(C)(C)c1ccccc1C(F)(F)F. The Hall–Kier alpha value is -1.78. The van der Waals surface area contributed by atoms with E-state index < -0.39 is 23.2 Å². The summed E-state index contributed by atoms with van der Waals surface area (Å²) in [4.78, 5) is 11.5. The molecule has 0 unspecified atom stereocenters. The molecule has 0 aliphatic heterocycles. The standard InChI is InChI=1S/C14H16F3NO/c1-4-7-12(19)18-13(2,3)10-8-5-6-9-11(10)14(15,16)17/h4-9H,1-3H3,(H,18,19)/b7-4+. The maximum atomic E-state index is 12.9. The van der Waals surface area contributed by atoms with Crippen LogP contribution in [0.4, 0.5) is 13.2 Å². The third kappa shape index (κ3) is 3.84. The lowest BCUT2D eigenvalue weighted by molar-refractivity contribution is -0.139. The molecule has 19 heavy (non-hydrogen) atoms. The Balaban J connectivity index is 3.18. The van der Waals surface area contributed by atoms with Gasteiger partial charge in [-0.25, -0.2) is 0 Å². The summed E-state index contributed by atoms with van der Waals surface area (Å²) in [6, 6.07) is 5.24. The van der Waals surface area contributed by atoms with Crippen LogP contribution in [0.15, 0.2) is 36.4 Å². The number of nitrogens with one attached hydrogen (secondary N) is 1. The van der Waals surface area contributed by atoms with Crippen molar-refractivity contribution < 1.29 is 18.0 Å². The van der Waals surface area contributed by atoms with E-state index in [1.165, 1.54) is 30.4 Å². The van der Waals surface area contributed by atoms with Gasteiger partial charge in [0, 0.05) is 0 Å². The van der Waals surface area contributed by atoms with Crippen molar-refractivity contribution in [3.05, 3.63) is 47.5 Å². The number of amides is 1. The van der Waals surface area contributed by atoms with Crippen molar-refractivity contribution in [1.29, 1.82) is 0 Å². The number of halogens is 3. The number of alkyl halides is 3. The van der Waals surface area contributed by atoms with Gasteiger partial charge in [-0.3, -0.25) is 4.79 Å². The molecule has 2 nitrogen and oxygen atoms in total. The number of allylic oxidation sites excluding steroid dienone is 1. The molecular weight excluding hydrogens is 255 g/mol. The molecule has 0 bridgehead atoms. The molecule has 0 heterocycles. The van der Waals surface area contributed by atoms with Crippen LogP contribution in [0.5, 0.6) is 0 Å². The summed E-state index contributed by atoms with van der Waals surface area (Å²) in [5, 5.41) is 2.56. The third-order valence-electron chi connectivity index (χ3n) is 2.66. The molecule has 0 aliphatic rings. The van der Waals surface area contributed by atoms with Crippen molar-refractivity contribution in [3.63, 3.8) is 0 Å². The summed E-state index contributed by atoms with van der Waals surface area (Å²) in [5.74, 6) is -0.426. The smallest absolute Gasteiger partial charge is 0.344 e. The summed E-state index contributed by atoms with van der Waals surface area (Å²) in [7, 11) is 0. The van der Waals surface area contributed by atoms with E-state index >= 15 is 0 Å². The molecule has 0 aliphatic carbocycles. The van der Waals surface area contributed by atoms with Crippen LogP contribution in [0.25, 0.3) is 0 Å². The topological polar surface area (TPSA) is 29.1 Å². The number of carbonyl (C=O) groups is 1. The molecule has 1 aromatic carbocycles. The Morgan fingerprint density at radius 3 is 2.16 bits per heavy atom. The number of hydrogen-bond acceptors (Lipinski definition) is 1. The van der Waals surface area contributed by atoms with Crippen LogP contribution in [-0.4, -0.2) is 5.91 Å². The van der Waals surface area contributed by atoms with Gasteiger partial charge in [0.25, 0.3) is 0 Å². The van der Waals surface area contributed by atoms with Gasteiger partial charge in [-0.2, -0.15) is 13.2 Å².